The number of piperidine rings is 1. The summed E-state index contributed by atoms with van der Waals surface area (Å²) >= 11 is 0. The topological polar surface area (TPSA) is 61.8 Å². The number of anilines is 1. The summed E-state index contributed by atoms with van der Waals surface area (Å²) in [5.41, 5.74) is 0.782. The van der Waals surface area contributed by atoms with Gasteiger partial charge in [0, 0.05) is 5.69 Å². The molecule has 1 amide bonds. The first kappa shape index (κ1) is 17.8. The average molecular weight is 320 g/mol. The molecule has 1 aliphatic rings. The summed E-state index contributed by atoms with van der Waals surface area (Å²) in [4.78, 5) is 14.6. The molecular formula is C18H28N2O3. The number of nitrogens with one attached hydrogen (secondary N) is 1. The van der Waals surface area contributed by atoms with Crippen molar-refractivity contribution in [2.45, 2.75) is 45.8 Å². The highest BCUT2D eigenvalue weighted by molar-refractivity contribution is 5.94. The normalized spacial score (nSPS) is 19.1. The predicted molar refractivity (Wildman–Crippen MR) is 91.7 cm³/mol. The molecule has 2 N–H and O–H groups in total. The van der Waals surface area contributed by atoms with Crippen LogP contribution in [-0.2, 0) is 4.79 Å². The molecule has 0 aliphatic carbocycles. The summed E-state index contributed by atoms with van der Waals surface area (Å²) in [5.74, 6) is 1.16. The van der Waals surface area contributed by atoms with Gasteiger partial charge in [0.2, 0.25) is 5.91 Å². The third-order valence-electron chi connectivity index (χ3n) is 4.62. The molecule has 0 aromatic heterocycles. The van der Waals surface area contributed by atoms with Crippen LogP contribution in [0.15, 0.2) is 24.3 Å². The number of carbonyl (C=O) groups is 1. The van der Waals surface area contributed by atoms with E-state index in [1.807, 2.05) is 45.0 Å². The molecule has 5 heteroatoms. The second-order valence-corrected chi connectivity index (χ2v) is 6.24. The quantitative estimate of drug-likeness (QED) is 0.845. The highest BCUT2D eigenvalue weighted by Gasteiger charge is 2.28. The molecule has 0 saturated carbocycles. The molecule has 0 bridgehead atoms. The summed E-state index contributed by atoms with van der Waals surface area (Å²) in [6.45, 7) is 8.07. The van der Waals surface area contributed by atoms with E-state index in [0.717, 1.165) is 37.4 Å². The number of rotatable bonds is 6. The number of aliphatic hydroxyl groups is 1. The van der Waals surface area contributed by atoms with Crippen LogP contribution in [0, 0.1) is 5.92 Å². The largest absolute Gasteiger partial charge is 0.494 e. The van der Waals surface area contributed by atoms with Crippen molar-refractivity contribution in [2.24, 2.45) is 5.92 Å². The van der Waals surface area contributed by atoms with Gasteiger partial charge in [0.25, 0.3) is 0 Å². The number of hydrogen-bond acceptors (Lipinski definition) is 4. The molecule has 2 rings (SSSR count). The smallest absolute Gasteiger partial charge is 0.241 e. The van der Waals surface area contributed by atoms with Crippen molar-refractivity contribution < 1.29 is 14.6 Å². The van der Waals surface area contributed by atoms with E-state index in [-0.39, 0.29) is 18.1 Å². The summed E-state index contributed by atoms with van der Waals surface area (Å²) in [5, 5.41) is 12.6. The van der Waals surface area contributed by atoms with Gasteiger partial charge in [-0.15, -0.1) is 0 Å². The average Bonchev–Trinajstić information content (AvgIpc) is 2.56. The van der Waals surface area contributed by atoms with Gasteiger partial charge in [-0.1, -0.05) is 0 Å². The number of nitrogens with zero attached hydrogens (tertiary/aromatic N) is 1. The maximum absolute atomic E-state index is 12.4. The van der Waals surface area contributed by atoms with E-state index in [1.165, 1.54) is 0 Å². The maximum Gasteiger partial charge on any atom is 0.241 e. The maximum atomic E-state index is 12.4. The van der Waals surface area contributed by atoms with Crippen molar-refractivity contribution in [3.63, 3.8) is 0 Å². The molecule has 2 atom stereocenters. The minimum Gasteiger partial charge on any atom is -0.494 e. The Hall–Kier alpha value is -1.59. The van der Waals surface area contributed by atoms with Crippen molar-refractivity contribution in [3.8, 4) is 5.75 Å². The summed E-state index contributed by atoms with van der Waals surface area (Å²) in [6, 6.07) is 7.26. The lowest BCUT2D eigenvalue weighted by Gasteiger charge is -2.36. The van der Waals surface area contributed by atoms with E-state index in [4.69, 9.17) is 4.74 Å². The minimum atomic E-state index is -0.259. The van der Waals surface area contributed by atoms with Crippen LogP contribution in [0.25, 0.3) is 0 Å². The van der Waals surface area contributed by atoms with Crippen LogP contribution in [0.4, 0.5) is 5.69 Å². The van der Waals surface area contributed by atoms with Gasteiger partial charge in [0.15, 0.2) is 0 Å². The van der Waals surface area contributed by atoms with Gasteiger partial charge >= 0.3 is 0 Å². The van der Waals surface area contributed by atoms with E-state index >= 15 is 0 Å². The Morgan fingerprint density at radius 2 is 1.91 bits per heavy atom. The number of benzene rings is 1. The highest BCUT2D eigenvalue weighted by Crippen LogP contribution is 2.22. The van der Waals surface area contributed by atoms with E-state index in [2.05, 4.69) is 10.2 Å². The Kier molecular flexibility index (Phi) is 6.42. The molecular weight excluding hydrogens is 292 g/mol. The first-order chi connectivity index (χ1) is 11.0. The van der Waals surface area contributed by atoms with Crippen molar-refractivity contribution in [3.05, 3.63) is 24.3 Å². The minimum absolute atomic E-state index is 0.00431. The molecule has 1 aliphatic heterocycles. The molecule has 23 heavy (non-hydrogen) atoms. The zero-order valence-electron chi connectivity index (χ0n) is 14.3. The number of ether oxygens (including phenoxy) is 1. The number of amides is 1. The Morgan fingerprint density at radius 1 is 1.30 bits per heavy atom. The number of likely N-dealkylation sites (tertiary alicyclic amines) is 1. The van der Waals surface area contributed by atoms with Crippen molar-refractivity contribution in [1.82, 2.24) is 4.90 Å². The third-order valence-corrected chi connectivity index (χ3v) is 4.62. The zero-order valence-corrected chi connectivity index (χ0v) is 14.3. The molecule has 1 aromatic carbocycles. The van der Waals surface area contributed by atoms with Crippen molar-refractivity contribution in [1.29, 1.82) is 0 Å². The van der Waals surface area contributed by atoms with Crippen LogP contribution >= 0.6 is 0 Å². The zero-order chi connectivity index (χ0) is 16.8. The second kappa shape index (κ2) is 8.31. The molecule has 1 heterocycles. The molecule has 128 valence electrons. The molecule has 1 saturated heterocycles. The molecule has 5 nitrogen and oxygen atoms in total. The molecule has 0 spiro atoms. The van der Waals surface area contributed by atoms with Gasteiger partial charge in [-0.2, -0.15) is 0 Å². The van der Waals surface area contributed by atoms with Crippen LogP contribution in [0.5, 0.6) is 5.75 Å². The lowest BCUT2D eigenvalue weighted by atomic mass is 9.91. The predicted octanol–water partition coefficient (Wildman–Crippen LogP) is 2.51. The van der Waals surface area contributed by atoms with Crippen LogP contribution in [-0.4, -0.2) is 47.8 Å². The fourth-order valence-electron chi connectivity index (χ4n) is 3.00. The van der Waals surface area contributed by atoms with Crippen LogP contribution in [0.1, 0.15) is 33.6 Å². The van der Waals surface area contributed by atoms with Gasteiger partial charge in [-0.3, -0.25) is 9.69 Å². The second-order valence-electron chi connectivity index (χ2n) is 6.24. The fraction of sp³-hybridized carbons (Fsp3) is 0.611. The number of aliphatic hydroxyl groups excluding tert-OH is 1. The standard InChI is InChI=1S/C18H28N2O3/c1-4-23-17-7-5-16(6-8-17)19-18(22)13(2)20-11-9-15(10-12-20)14(3)21/h5-8,13-15,21H,4,9-12H2,1-3H3,(H,19,22). The van der Waals surface area contributed by atoms with Gasteiger partial charge in [-0.05, 0) is 76.9 Å². The van der Waals surface area contributed by atoms with Gasteiger partial charge in [-0.25, -0.2) is 0 Å². The summed E-state index contributed by atoms with van der Waals surface area (Å²) in [6.07, 6.45) is 1.63. The van der Waals surface area contributed by atoms with Crippen LogP contribution in [0.2, 0.25) is 0 Å². The number of carbonyl (C=O) groups excluding carboxylic acids is 1. The van der Waals surface area contributed by atoms with Gasteiger partial charge < -0.3 is 15.2 Å². The van der Waals surface area contributed by atoms with E-state index in [0.29, 0.717) is 12.5 Å². The van der Waals surface area contributed by atoms with Crippen molar-refractivity contribution >= 4 is 11.6 Å². The van der Waals surface area contributed by atoms with Crippen LogP contribution < -0.4 is 10.1 Å². The van der Waals surface area contributed by atoms with E-state index in [9.17, 15) is 9.90 Å². The third kappa shape index (κ3) is 4.94. The van der Waals surface area contributed by atoms with Gasteiger partial charge in [0.05, 0.1) is 18.8 Å². The lowest BCUT2D eigenvalue weighted by molar-refractivity contribution is -0.121. The lowest BCUT2D eigenvalue weighted by Crippen LogP contribution is -2.47. The molecule has 1 aromatic rings. The molecule has 1 fully saturated rings. The Labute approximate surface area is 138 Å². The first-order valence-corrected chi connectivity index (χ1v) is 8.47. The first-order valence-electron chi connectivity index (χ1n) is 8.47. The Balaban J connectivity index is 1.85. The van der Waals surface area contributed by atoms with E-state index < -0.39 is 0 Å². The fourth-order valence-corrected chi connectivity index (χ4v) is 3.00. The summed E-state index contributed by atoms with van der Waals surface area (Å²) in [7, 11) is 0. The molecule has 2 unspecified atom stereocenters. The number of hydrogen-bond donors (Lipinski definition) is 2. The molecule has 0 radical (unpaired) electrons. The monoisotopic (exact) mass is 320 g/mol. The van der Waals surface area contributed by atoms with Gasteiger partial charge in [0.1, 0.15) is 5.75 Å². The van der Waals surface area contributed by atoms with Crippen LogP contribution in [0.3, 0.4) is 0 Å². The van der Waals surface area contributed by atoms with E-state index in [1.54, 1.807) is 0 Å². The Morgan fingerprint density at radius 3 is 2.43 bits per heavy atom. The summed E-state index contributed by atoms with van der Waals surface area (Å²) < 4.78 is 5.40. The Bertz CT molecular complexity index is 493. The van der Waals surface area contributed by atoms with Crippen molar-refractivity contribution in [2.75, 3.05) is 25.0 Å². The highest BCUT2D eigenvalue weighted by atomic mass is 16.5. The SMILES string of the molecule is CCOc1ccc(NC(=O)C(C)N2CCC(C(C)O)CC2)cc1.